The van der Waals surface area contributed by atoms with Gasteiger partial charge in [-0.2, -0.15) is 0 Å². The van der Waals surface area contributed by atoms with Gasteiger partial charge in [0.1, 0.15) is 0 Å². The lowest BCUT2D eigenvalue weighted by molar-refractivity contribution is 0.275. The maximum absolute atomic E-state index is 5.75. The van der Waals surface area contributed by atoms with Crippen molar-refractivity contribution in [3.63, 3.8) is 0 Å². The van der Waals surface area contributed by atoms with Crippen LogP contribution < -0.4 is 5.73 Å². The van der Waals surface area contributed by atoms with Gasteiger partial charge in [-0.05, 0) is 60.7 Å². The third kappa shape index (κ3) is 2.99. The monoisotopic (exact) mass is 333 g/mol. The third-order valence-electron chi connectivity index (χ3n) is 5.61. The van der Waals surface area contributed by atoms with E-state index in [4.69, 9.17) is 5.73 Å². The number of benzene rings is 2. The van der Waals surface area contributed by atoms with Crippen LogP contribution in [-0.4, -0.2) is 16.0 Å². The summed E-state index contributed by atoms with van der Waals surface area (Å²) in [5.41, 5.74) is 14.3. The number of hydrogen-bond donors (Lipinski definition) is 1. The molecule has 0 spiro atoms. The van der Waals surface area contributed by atoms with Crippen molar-refractivity contribution >= 4 is 10.9 Å². The van der Waals surface area contributed by atoms with E-state index in [2.05, 4.69) is 65.9 Å². The van der Waals surface area contributed by atoms with Crippen LogP contribution in [0.15, 0.2) is 42.5 Å². The first-order valence-corrected chi connectivity index (χ1v) is 9.23. The molecule has 0 bridgehead atoms. The van der Waals surface area contributed by atoms with Gasteiger partial charge in [0.05, 0.1) is 0 Å². The molecule has 0 amide bonds. The topological polar surface area (TPSA) is 34.2 Å². The van der Waals surface area contributed by atoms with E-state index in [1.54, 1.807) is 0 Å². The van der Waals surface area contributed by atoms with Gasteiger partial charge in [0, 0.05) is 43.3 Å². The Morgan fingerprint density at radius 3 is 2.48 bits per heavy atom. The minimum Gasteiger partial charge on any atom is -0.348 e. The van der Waals surface area contributed by atoms with Gasteiger partial charge in [-0.15, -0.1) is 0 Å². The molecule has 0 unspecified atom stereocenters. The second-order valence-corrected chi connectivity index (χ2v) is 7.28. The first-order chi connectivity index (χ1) is 12.2. The summed E-state index contributed by atoms with van der Waals surface area (Å²) >= 11 is 0. The Bertz CT molecular complexity index is 893. The Labute approximate surface area is 150 Å². The highest BCUT2D eigenvalue weighted by atomic mass is 15.1. The van der Waals surface area contributed by atoms with Crippen molar-refractivity contribution in [3.05, 3.63) is 70.4 Å². The van der Waals surface area contributed by atoms with E-state index in [9.17, 15) is 0 Å². The summed E-state index contributed by atoms with van der Waals surface area (Å²) in [6, 6.07) is 15.6. The van der Waals surface area contributed by atoms with Crippen molar-refractivity contribution in [3.8, 4) is 0 Å². The zero-order valence-corrected chi connectivity index (χ0v) is 15.3. The van der Waals surface area contributed by atoms with Gasteiger partial charge < -0.3 is 10.3 Å². The van der Waals surface area contributed by atoms with E-state index in [1.165, 1.54) is 38.9 Å². The van der Waals surface area contributed by atoms with Crippen molar-refractivity contribution in [2.75, 3.05) is 6.54 Å². The number of hydrogen-bond acceptors (Lipinski definition) is 2. The fourth-order valence-electron chi connectivity index (χ4n) is 4.15. The molecule has 2 heterocycles. The molecule has 1 aromatic heterocycles. The first-order valence-electron chi connectivity index (χ1n) is 9.23. The van der Waals surface area contributed by atoms with Gasteiger partial charge in [-0.25, -0.2) is 0 Å². The lowest BCUT2D eigenvalue weighted by atomic mass is 10.0. The van der Waals surface area contributed by atoms with Crippen molar-refractivity contribution < 1.29 is 0 Å². The highest BCUT2D eigenvalue weighted by molar-refractivity contribution is 5.87. The van der Waals surface area contributed by atoms with Crippen LogP contribution in [0.5, 0.6) is 0 Å². The molecule has 0 saturated heterocycles. The van der Waals surface area contributed by atoms with E-state index < -0.39 is 0 Å². The summed E-state index contributed by atoms with van der Waals surface area (Å²) in [6.45, 7) is 6.10. The number of nitrogens with two attached hydrogens (primary N) is 1. The Kier molecular flexibility index (Phi) is 4.36. The first kappa shape index (κ1) is 16.4. The van der Waals surface area contributed by atoms with Crippen LogP contribution in [0.2, 0.25) is 0 Å². The van der Waals surface area contributed by atoms with Crippen LogP contribution in [0.4, 0.5) is 0 Å². The van der Waals surface area contributed by atoms with Crippen LogP contribution in [0.25, 0.3) is 10.9 Å². The van der Waals surface area contributed by atoms with E-state index in [-0.39, 0.29) is 0 Å². The van der Waals surface area contributed by atoms with Gasteiger partial charge in [0.2, 0.25) is 0 Å². The lowest BCUT2D eigenvalue weighted by Crippen LogP contribution is -2.15. The Morgan fingerprint density at radius 1 is 1.04 bits per heavy atom. The van der Waals surface area contributed by atoms with E-state index in [1.807, 2.05) is 0 Å². The number of fused-ring (bicyclic) bond motifs is 2. The highest BCUT2D eigenvalue weighted by Gasteiger charge is 2.22. The second kappa shape index (κ2) is 6.66. The SMILES string of the molecule is Cc1c(CCCN)c2cc3c(cc2n1C)CN(Cc1ccccc1)C3. The van der Waals surface area contributed by atoms with Crippen LogP contribution >= 0.6 is 0 Å². The van der Waals surface area contributed by atoms with E-state index >= 15 is 0 Å². The van der Waals surface area contributed by atoms with Crippen LogP contribution in [-0.2, 0) is 33.1 Å². The highest BCUT2D eigenvalue weighted by Crippen LogP contribution is 2.33. The predicted molar refractivity (Wildman–Crippen MR) is 104 cm³/mol. The largest absolute Gasteiger partial charge is 0.348 e. The molecule has 1 aliphatic heterocycles. The fourth-order valence-corrected chi connectivity index (χ4v) is 4.15. The molecule has 0 atom stereocenters. The standard InChI is InChI=1S/C22H27N3/c1-16-20(9-6-10-23)21-11-18-14-25(13-17-7-4-3-5-8-17)15-19(18)12-22(21)24(16)2/h3-5,7-8,11-12H,6,9-10,13-15,23H2,1-2H3. The van der Waals surface area contributed by atoms with Crippen LogP contribution in [0.3, 0.4) is 0 Å². The summed E-state index contributed by atoms with van der Waals surface area (Å²) in [5, 5.41) is 1.42. The Hall–Kier alpha value is -2.10. The zero-order chi connectivity index (χ0) is 17.4. The molecule has 0 radical (unpaired) electrons. The molecule has 3 aromatic rings. The molecule has 4 rings (SSSR count). The quantitative estimate of drug-likeness (QED) is 0.768. The lowest BCUT2D eigenvalue weighted by Gasteiger charge is -2.14. The summed E-state index contributed by atoms with van der Waals surface area (Å²) in [6.07, 6.45) is 2.13. The van der Waals surface area contributed by atoms with Gasteiger partial charge in [-0.3, -0.25) is 4.90 Å². The number of nitrogens with zero attached hydrogens (tertiary/aromatic N) is 2. The summed E-state index contributed by atoms with van der Waals surface area (Å²) in [7, 11) is 2.19. The van der Waals surface area contributed by atoms with Crippen molar-refractivity contribution in [2.45, 2.75) is 39.4 Å². The molecule has 2 aromatic carbocycles. The molecular weight excluding hydrogens is 306 g/mol. The Balaban J connectivity index is 1.64. The molecule has 3 heteroatoms. The van der Waals surface area contributed by atoms with Crippen molar-refractivity contribution in [1.82, 2.24) is 9.47 Å². The predicted octanol–water partition coefficient (Wildman–Crippen LogP) is 3.89. The fraction of sp³-hybridized carbons (Fsp3) is 0.364. The number of aromatic nitrogens is 1. The van der Waals surface area contributed by atoms with Crippen LogP contribution in [0, 0.1) is 6.92 Å². The van der Waals surface area contributed by atoms with Gasteiger partial charge >= 0.3 is 0 Å². The number of aryl methyl sites for hydroxylation is 2. The van der Waals surface area contributed by atoms with Gasteiger partial charge in [0.25, 0.3) is 0 Å². The minimum atomic E-state index is 0.756. The number of rotatable bonds is 5. The molecule has 2 N–H and O–H groups in total. The summed E-state index contributed by atoms with van der Waals surface area (Å²) in [5.74, 6) is 0. The average Bonchev–Trinajstić information content (AvgIpc) is 3.11. The maximum Gasteiger partial charge on any atom is 0.0486 e. The molecule has 0 aliphatic carbocycles. The third-order valence-corrected chi connectivity index (χ3v) is 5.61. The Morgan fingerprint density at radius 2 is 1.76 bits per heavy atom. The molecule has 1 aliphatic rings. The van der Waals surface area contributed by atoms with E-state index in [0.717, 1.165) is 39.0 Å². The van der Waals surface area contributed by atoms with Crippen molar-refractivity contribution in [2.24, 2.45) is 12.8 Å². The molecule has 0 saturated carbocycles. The molecule has 130 valence electrons. The summed E-state index contributed by atoms with van der Waals surface area (Å²) < 4.78 is 2.35. The summed E-state index contributed by atoms with van der Waals surface area (Å²) in [4.78, 5) is 2.53. The van der Waals surface area contributed by atoms with Gasteiger partial charge in [-0.1, -0.05) is 30.3 Å². The molecular formula is C22H27N3. The van der Waals surface area contributed by atoms with Crippen molar-refractivity contribution in [1.29, 1.82) is 0 Å². The smallest absolute Gasteiger partial charge is 0.0486 e. The molecule has 25 heavy (non-hydrogen) atoms. The van der Waals surface area contributed by atoms with Crippen LogP contribution in [0.1, 0.15) is 34.4 Å². The normalized spacial score (nSPS) is 14.4. The molecule has 3 nitrogen and oxygen atoms in total. The second-order valence-electron chi connectivity index (χ2n) is 7.28. The average molecular weight is 333 g/mol. The maximum atomic E-state index is 5.75. The van der Waals surface area contributed by atoms with Gasteiger partial charge in [0.15, 0.2) is 0 Å². The molecule has 0 fully saturated rings. The minimum absolute atomic E-state index is 0.756. The zero-order valence-electron chi connectivity index (χ0n) is 15.3. The van der Waals surface area contributed by atoms with E-state index in [0.29, 0.717) is 0 Å².